The Morgan fingerprint density at radius 1 is 1.21 bits per heavy atom. The summed E-state index contributed by atoms with van der Waals surface area (Å²) in [5.74, 6) is 0.243. The maximum atomic E-state index is 10.2. The number of benzene rings is 1. The topological polar surface area (TPSA) is 107 Å². The molecule has 0 fully saturated rings. The van der Waals surface area contributed by atoms with Gasteiger partial charge in [0.15, 0.2) is 5.41 Å². The number of allylic oxidation sites excluding steroid dienone is 4. The van der Waals surface area contributed by atoms with Crippen molar-refractivity contribution in [2.75, 3.05) is 0 Å². The number of ether oxygens (including phenoxy) is 1. The summed E-state index contributed by atoms with van der Waals surface area (Å²) in [5, 5.41) is 30.8. The van der Waals surface area contributed by atoms with Crippen LogP contribution in [0.15, 0.2) is 47.2 Å². The largest absolute Gasteiger partial charge is 0.489 e. The lowest BCUT2D eigenvalue weighted by atomic mass is 9.58. The fourth-order valence-corrected chi connectivity index (χ4v) is 6.45. The summed E-state index contributed by atoms with van der Waals surface area (Å²) < 4.78 is 6.06. The van der Waals surface area contributed by atoms with Crippen molar-refractivity contribution in [3.63, 3.8) is 0 Å². The van der Waals surface area contributed by atoms with Crippen LogP contribution in [0.5, 0.6) is 5.75 Å². The molecule has 1 aromatic heterocycles. The van der Waals surface area contributed by atoms with Crippen LogP contribution in [0.25, 0.3) is 0 Å². The van der Waals surface area contributed by atoms with Crippen LogP contribution in [0, 0.1) is 59.2 Å². The van der Waals surface area contributed by atoms with Crippen LogP contribution in [0.2, 0.25) is 5.02 Å². The zero-order valence-corrected chi connectivity index (χ0v) is 20.1. The van der Waals surface area contributed by atoms with Gasteiger partial charge in [-0.1, -0.05) is 17.7 Å². The van der Waals surface area contributed by atoms with Crippen LogP contribution >= 0.6 is 22.9 Å². The van der Waals surface area contributed by atoms with Crippen molar-refractivity contribution < 1.29 is 4.74 Å². The van der Waals surface area contributed by atoms with Crippen LogP contribution in [-0.2, 0) is 6.61 Å². The first-order chi connectivity index (χ1) is 15.9. The number of aryl methyl sites for hydroxylation is 2. The molecule has 1 aromatic carbocycles. The van der Waals surface area contributed by atoms with Gasteiger partial charge in [-0.15, -0.1) is 11.3 Å². The third-order valence-corrected chi connectivity index (χ3v) is 8.08. The van der Waals surface area contributed by atoms with Crippen LogP contribution < -0.4 is 10.5 Å². The number of nitrogens with two attached hydrogens (primary N) is 1. The van der Waals surface area contributed by atoms with Crippen molar-refractivity contribution in [3.8, 4) is 24.0 Å². The van der Waals surface area contributed by atoms with Gasteiger partial charge in [0.1, 0.15) is 18.4 Å². The predicted octanol–water partition coefficient (Wildman–Crippen LogP) is 6.19. The van der Waals surface area contributed by atoms with Crippen LogP contribution in [0.3, 0.4) is 0 Å². The maximum absolute atomic E-state index is 10.2. The molecule has 2 N–H and O–H groups in total. The van der Waals surface area contributed by atoms with Gasteiger partial charge in [0.25, 0.3) is 0 Å². The van der Waals surface area contributed by atoms with Crippen molar-refractivity contribution in [1.82, 2.24) is 0 Å². The molecular formula is C26H23ClN4OS. The van der Waals surface area contributed by atoms with E-state index in [0.29, 0.717) is 17.2 Å². The highest BCUT2D eigenvalue weighted by molar-refractivity contribution is 7.12. The smallest absolute Gasteiger partial charge is 0.192 e. The molecule has 2 aliphatic carbocycles. The highest BCUT2D eigenvalue weighted by Gasteiger charge is 2.54. The summed E-state index contributed by atoms with van der Waals surface area (Å²) in [6.07, 6.45) is 4.68. The quantitative estimate of drug-likeness (QED) is 0.568. The maximum Gasteiger partial charge on any atom is 0.192 e. The molecular weight excluding hydrogens is 452 g/mol. The summed E-state index contributed by atoms with van der Waals surface area (Å²) >= 11 is 7.62. The highest BCUT2D eigenvalue weighted by Crippen LogP contribution is 2.57. The minimum atomic E-state index is -1.58. The van der Waals surface area contributed by atoms with E-state index in [1.807, 2.05) is 32.0 Å². The fraction of sp³-hybridized carbons (Fsp3) is 0.346. The average Bonchev–Trinajstić information content (AvgIpc) is 3.17. The first-order valence-electron chi connectivity index (χ1n) is 10.8. The lowest BCUT2D eigenvalue weighted by molar-refractivity contribution is 0.302. The predicted molar refractivity (Wildman–Crippen MR) is 128 cm³/mol. The van der Waals surface area contributed by atoms with Gasteiger partial charge in [0.05, 0.1) is 23.4 Å². The standard InChI is InChI=1S/C26H23ClN4OS/c1-15-9-18(27)7-8-22(15)32-12-17-10-23(33-16(17)2)24-20-6-4-3-5-19(20)21(11-28)25(31)26(24,13-29)14-30/h5,7-10,20,24H,3-4,6,12,31H2,1-2H3/t20-,24-/m0/s1. The normalized spacial score (nSPS) is 21.3. The fourth-order valence-electron chi connectivity index (χ4n) is 4.95. The number of halogens is 1. The second-order valence-corrected chi connectivity index (χ2v) is 10.3. The summed E-state index contributed by atoms with van der Waals surface area (Å²) in [5.41, 5.74) is 8.01. The molecule has 0 amide bonds. The summed E-state index contributed by atoms with van der Waals surface area (Å²) in [7, 11) is 0. The zero-order valence-electron chi connectivity index (χ0n) is 18.5. The van der Waals surface area contributed by atoms with Crippen molar-refractivity contribution in [2.45, 2.75) is 45.6 Å². The number of nitrogens with zero attached hydrogens (tertiary/aromatic N) is 3. The number of hydrogen-bond donors (Lipinski definition) is 1. The van der Waals surface area contributed by atoms with Gasteiger partial charge in [-0.25, -0.2) is 0 Å². The van der Waals surface area contributed by atoms with E-state index in [1.54, 1.807) is 17.4 Å². The minimum absolute atomic E-state index is 0.0741. The van der Waals surface area contributed by atoms with E-state index in [2.05, 4.69) is 24.3 Å². The lowest BCUT2D eigenvalue weighted by Crippen LogP contribution is -2.42. The Labute approximate surface area is 203 Å². The molecule has 1 heterocycles. The number of nitriles is 3. The number of hydrogen-bond acceptors (Lipinski definition) is 6. The van der Waals surface area contributed by atoms with E-state index in [9.17, 15) is 15.8 Å². The molecule has 0 spiro atoms. The molecule has 2 atom stereocenters. The molecule has 0 radical (unpaired) electrons. The highest BCUT2D eigenvalue weighted by atomic mass is 35.5. The molecule has 4 rings (SSSR count). The molecule has 2 aromatic rings. The van der Waals surface area contributed by atoms with Gasteiger partial charge >= 0.3 is 0 Å². The Morgan fingerprint density at radius 2 is 1.97 bits per heavy atom. The van der Waals surface area contributed by atoms with E-state index in [4.69, 9.17) is 22.1 Å². The average molecular weight is 475 g/mol. The van der Waals surface area contributed by atoms with Gasteiger partial charge in [-0.05, 0) is 74.4 Å². The molecule has 0 saturated carbocycles. The lowest BCUT2D eigenvalue weighted by Gasteiger charge is -2.42. The van der Waals surface area contributed by atoms with Crippen molar-refractivity contribution in [1.29, 1.82) is 15.8 Å². The van der Waals surface area contributed by atoms with Gasteiger partial charge in [-0.2, -0.15) is 15.8 Å². The molecule has 0 unspecified atom stereocenters. The molecule has 0 aliphatic heterocycles. The van der Waals surface area contributed by atoms with Crippen molar-refractivity contribution in [3.05, 3.63) is 73.1 Å². The van der Waals surface area contributed by atoms with E-state index >= 15 is 0 Å². The molecule has 0 bridgehead atoms. The Balaban J connectivity index is 1.75. The van der Waals surface area contributed by atoms with Crippen LogP contribution in [-0.4, -0.2) is 0 Å². The summed E-state index contributed by atoms with van der Waals surface area (Å²) in [6.45, 7) is 4.33. The second-order valence-electron chi connectivity index (χ2n) is 8.54. The monoisotopic (exact) mass is 474 g/mol. The minimum Gasteiger partial charge on any atom is -0.489 e. The van der Waals surface area contributed by atoms with Crippen LogP contribution in [0.1, 0.15) is 46.1 Å². The Hall–Kier alpha value is -3.24. The van der Waals surface area contributed by atoms with Gasteiger partial charge in [0, 0.05) is 26.3 Å². The summed E-state index contributed by atoms with van der Waals surface area (Å²) in [4.78, 5) is 2.00. The first-order valence-corrected chi connectivity index (χ1v) is 12.0. The van der Waals surface area contributed by atoms with Gasteiger partial charge < -0.3 is 10.5 Å². The number of thiophene rings is 1. The van der Waals surface area contributed by atoms with E-state index in [0.717, 1.165) is 51.5 Å². The Morgan fingerprint density at radius 3 is 2.64 bits per heavy atom. The van der Waals surface area contributed by atoms with Gasteiger partial charge in [-0.3, -0.25) is 0 Å². The Bertz CT molecular complexity index is 1290. The van der Waals surface area contributed by atoms with Crippen molar-refractivity contribution >= 4 is 22.9 Å². The molecule has 2 aliphatic rings. The molecule has 7 heteroatoms. The molecule has 33 heavy (non-hydrogen) atoms. The van der Waals surface area contributed by atoms with Crippen molar-refractivity contribution in [2.24, 2.45) is 17.1 Å². The SMILES string of the molecule is Cc1cc(Cl)ccc1OCc1cc([C@@H]2[C@H]3CCCC=C3C(C#N)=C(N)C2(C#N)C#N)sc1C. The van der Waals surface area contributed by atoms with E-state index in [1.165, 1.54) is 0 Å². The molecule has 5 nitrogen and oxygen atoms in total. The number of rotatable bonds is 4. The van der Waals surface area contributed by atoms with Gasteiger partial charge in [0.2, 0.25) is 0 Å². The van der Waals surface area contributed by atoms with Crippen LogP contribution in [0.4, 0.5) is 0 Å². The second kappa shape index (κ2) is 8.95. The first kappa shape index (κ1) is 22.9. The molecule has 166 valence electrons. The summed E-state index contributed by atoms with van der Waals surface area (Å²) in [6, 6.07) is 14.1. The molecule has 0 saturated heterocycles. The third-order valence-electron chi connectivity index (χ3n) is 6.67. The zero-order chi connectivity index (χ0) is 23.8. The number of fused-ring (bicyclic) bond motifs is 1. The van der Waals surface area contributed by atoms with E-state index in [-0.39, 0.29) is 11.6 Å². The third kappa shape index (κ3) is 3.79. The Kier molecular flexibility index (Phi) is 6.22. The van der Waals surface area contributed by atoms with E-state index < -0.39 is 11.3 Å².